The second-order valence-corrected chi connectivity index (χ2v) is 6.40. The maximum Gasteiger partial charge on any atom is 0.193 e. The van der Waals surface area contributed by atoms with Crippen LogP contribution in [-0.2, 0) is 0 Å². The van der Waals surface area contributed by atoms with Crippen LogP contribution in [0.2, 0.25) is 0 Å². The predicted molar refractivity (Wildman–Crippen MR) is 75.9 cm³/mol. The maximum absolute atomic E-state index is 14.2. The van der Waals surface area contributed by atoms with Crippen molar-refractivity contribution in [1.82, 2.24) is 4.57 Å². The first-order valence-corrected chi connectivity index (χ1v) is 7.40. The lowest BCUT2D eigenvalue weighted by atomic mass is 10.0. The number of pyridine rings is 1. The number of hydrogen-bond donors (Lipinski definition) is 0. The molecule has 0 amide bonds. The van der Waals surface area contributed by atoms with Crippen molar-refractivity contribution in [3.05, 3.63) is 33.5 Å². The molecule has 0 radical (unpaired) electrons. The molecule has 2 aliphatic rings. The van der Waals surface area contributed by atoms with E-state index in [-0.39, 0.29) is 22.5 Å². The topological polar surface area (TPSA) is 25.2 Å². The summed E-state index contributed by atoms with van der Waals surface area (Å²) in [7, 11) is 1.74. The van der Waals surface area contributed by atoms with Gasteiger partial charge in [-0.15, -0.1) is 11.8 Å². The molecule has 3 nitrogen and oxygen atoms in total. The van der Waals surface area contributed by atoms with Gasteiger partial charge in [-0.1, -0.05) is 0 Å². The molecule has 3 heterocycles. The average Bonchev–Trinajstić information content (AvgIpc) is 2.82. The van der Waals surface area contributed by atoms with E-state index in [9.17, 15) is 13.6 Å². The first-order valence-electron chi connectivity index (χ1n) is 6.41. The lowest BCUT2D eigenvalue weighted by Gasteiger charge is -2.33. The van der Waals surface area contributed by atoms with Crippen molar-refractivity contribution in [2.24, 2.45) is 0 Å². The third-order valence-electron chi connectivity index (χ3n) is 4.18. The van der Waals surface area contributed by atoms with Crippen molar-refractivity contribution in [3.63, 3.8) is 0 Å². The number of aromatic nitrogens is 1. The zero-order valence-electron chi connectivity index (χ0n) is 11.0. The van der Waals surface area contributed by atoms with Crippen molar-refractivity contribution in [2.75, 3.05) is 24.2 Å². The lowest BCUT2D eigenvalue weighted by molar-refractivity contribution is 0.488. The number of anilines is 1. The highest BCUT2D eigenvalue weighted by Crippen LogP contribution is 2.44. The lowest BCUT2D eigenvalue weighted by Crippen LogP contribution is -2.34. The van der Waals surface area contributed by atoms with Crippen LogP contribution in [0.3, 0.4) is 0 Å². The van der Waals surface area contributed by atoms with Gasteiger partial charge in [-0.3, -0.25) is 4.79 Å². The maximum atomic E-state index is 14.2. The van der Waals surface area contributed by atoms with Crippen molar-refractivity contribution >= 4 is 28.4 Å². The summed E-state index contributed by atoms with van der Waals surface area (Å²) in [5.74, 6) is -0.962. The summed E-state index contributed by atoms with van der Waals surface area (Å²) < 4.78 is 30.0. The Bertz CT molecular complexity index is 825. The van der Waals surface area contributed by atoms with Crippen LogP contribution < -0.4 is 10.3 Å². The van der Waals surface area contributed by atoms with Gasteiger partial charge in [0.15, 0.2) is 17.1 Å². The minimum absolute atomic E-state index is 0.199. The minimum Gasteiger partial charge on any atom is -0.368 e. The smallest absolute Gasteiger partial charge is 0.193 e. The van der Waals surface area contributed by atoms with Crippen molar-refractivity contribution in [1.29, 1.82) is 0 Å². The Balaban J connectivity index is 2.32. The Morgan fingerprint density at radius 2 is 2.15 bits per heavy atom. The summed E-state index contributed by atoms with van der Waals surface area (Å²) >= 11 is 1.62. The van der Waals surface area contributed by atoms with E-state index in [1.54, 1.807) is 30.6 Å². The average molecular weight is 294 g/mol. The van der Waals surface area contributed by atoms with Crippen LogP contribution in [0.5, 0.6) is 0 Å². The molecule has 0 bridgehead atoms. The zero-order valence-corrected chi connectivity index (χ0v) is 11.9. The fourth-order valence-corrected chi connectivity index (χ4v) is 4.56. The Hall–Kier alpha value is -1.56. The summed E-state index contributed by atoms with van der Waals surface area (Å²) in [6.07, 6.45) is 0. The monoisotopic (exact) mass is 294 g/mol. The summed E-state index contributed by atoms with van der Waals surface area (Å²) in [6.45, 7) is 2.39. The molecule has 1 unspecified atom stereocenters. The van der Waals surface area contributed by atoms with E-state index in [0.717, 1.165) is 16.8 Å². The van der Waals surface area contributed by atoms with Crippen LogP contribution in [0.4, 0.5) is 14.5 Å². The number of rotatable bonds is 0. The van der Waals surface area contributed by atoms with Gasteiger partial charge >= 0.3 is 0 Å². The Kier molecular flexibility index (Phi) is 2.29. The van der Waals surface area contributed by atoms with Crippen LogP contribution in [0.15, 0.2) is 15.9 Å². The quantitative estimate of drug-likeness (QED) is 0.747. The number of likely N-dealkylation sites (N-methyl/N-ethyl adjacent to an activating group) is 1. The number of nitrogens with zero attached hydrogens (tertiary/aromatic N) is 2. The van der Waals surface area contributed by atoms with Crippen LogP contribution in [0, 0.1) is 18.6 Å². The molecule has 4 rings (SSSR count). The third kappa shape index (κ3) is 1.28. The molecule has 0 saturated heterocycles. The minimum atomic E-state index is -0.958. The molecule has 0 spiro atoms. The first kappa shape index (κ1) is 12.2. The zero-order chi connectivity index (χ0) is 14.2. The van der Waals surface area contributed by atoms with Crippen LogP contribution in [0.25, 0.3) is 10.9 Å². The fourth-order valence-electron chi connectivity index (χ4n) is 3.27. The Labute approximate surface area is 118 Å². The fraction of sp³-hybridized carbons (Fsp3) is 0.357. The molecule has 20 heavy (non-hydrogen) atoms. The van der Waals surface area contributed by atoms with E-state index in [1.165, 1.54) is 0 Å². The molecule has 2 aliphatic heterocycles. The SMILES string of the molecule is Cc1c2n3c4c(c(F)c(F)cc4c1=O)N(C)CC3CS2. The normalized spacial score (nSPS) is 20.0. The molecule has 2 aromatic rings. The molecule has 1 aromatic carbocycles. The van der Waals surface area contributed by atoms with E-state index in [1.807, 2.05) is 4.57 Å². The largest absolute Gasteiger partial charge is 0.368 e. The van der Waals surface area contributed by atoms with Gasteiger partial charge in [0.2, 0.25) is 0 Å². The number of hydrogen-bond acceptors (Lipinski definition) is 3. The summed E-state index contributed by atoms with van der Waals surface area (Å²) in [5.41, 5.74) is 1.18. The van der Waals surface area contributed by atoms with Gasteiger partial charge in [0.25, 0.3) is 0 Å². The number of thioether (sulfide) groups is 1. The van der Waals surface area contributed by atoms with Crippen molar-refractivity contribution < 1.29 is 8.78 Å². The summed E-state index contributed by atoms with van der Waals surface area (Å²) in [5, 5.41) is 1.17. The highest BCUT2D eigenvalue weighted by atomic mass is 32.2. The van der Waals surface area contributed by atoms with Crippen LogP contribution >= 0.6 is 11.8 Å². The molecule has 1 atom stereocenters. The molecule has 1 aromatic heterocycles. The summed E-state index contributed by atoms with van der Waals surface area (Å²) in [4.78, 5) is 14.1. The van der Waals surface area contributed by atoms with E-state index in [0.29, 0.717) is 17.6 Å². The van der Waals surface area contributed by atoms with E-state index in [2.05, 4.69) is 0 Å². The van der Waals surface area contributed by atoms with Gasteiger partial charge in [-0.25, -0.2) is 8.78 Å². The molecule has 0 N–H and O–H groups in total. The molecule has 0 saturated carbocycles. The van der Waals surface area contributed by atoms with Gasteiger partial charge in [0.05, 0.1) is 22.0 Å². The molecule has 0 aliphatic carbocycles. The predicted octanol–water partition coefficient (Wildman–Crippen LogP) is 2.68. The first-order chi connectivity index (χ1) is 9.50. The summed E-state index contributed by atoms with van der Waals surface area (Å²) in [6, 6.07) is 1.25. The van der Waals surface area contributed by atoms with Gasteiger partial charge in [-0.2, -0.15) is 0 Å². The highest BCUT2D eigenvalue weighted by Gasteiger charge is 2.35. The molecule has 0 fully saturated rings. The Morgan fingerprint density at radius 3 is 2.90 bits per heavy atom. The van der Waals surface area contributed by atoms with E-state index >= 15 is 0 Å². The van der Waals surface area contributed by atoms with Gasteiger partial charge in [-0.05, 0) is 13.0 Å². The van der Waals surface area contributed by atoms with Crippen molar-refractivity contribution in [3.8, 4) is 0 Å². The van der Waals surface area contributed by atoms with Gasteiger partial charge in [0, 0.05) is 24.9 Å². The standard InChI is InChI=1S/C14H12F2N2OS/c1-6-13(19)8-3-9(15)10(16)12-11(8)18-7(4-17(12)2)5-20-14(6)18/h3,7H,4-5H2,1-2H3. The second-order valence-electron chi connectivity index (χ2n) is 5.39. The van der Waals surface area contributed by atoms with Gasteiger partial charge in [0.1, 0.15) is 5.69 Å². The number of benzene rings is 1. The van der Waals surface area contributed by atoms with Gasteiger partial charge < -0.3 is 9.47 Å². The highest BCUT2D eigenvalue weighted by molar-refractivity contribution is 7.99. The van der Waals surface area contributed by atoms with E-state index < -0.39 is 11.6 Å². The van der Waals surface area contributed by atoms with E-state index in [4.69, 9.17) is 0 Å². The Morgan fingerprint density at radius 1 is 1.40 bits per heavy atom. The molecular formula is C14H12F2N2OS. The van der Waals surface area contributed by atoms with Crippen molar-refractivity contribution in [2.45, 2.75) is 18.0 Å². The molecular weight excluding hydrogens is 282 g/mol. The van der Waals surface area contributed by atoms with Crippen LogP contribution in [0.1, 0.15) is 11.6 Å². The second kappa shape index (κ2) is 3.75. The number of halogens is 2. The molecule has 104 valence electrons. The molecule has 6 heteroatoms. The van der Waals surface area contributed by atoms with Crippen LogP contribution in [-0.4, -0.2) is 23.9 Å². The third-order valence-corrected chi connectivity index (χ3v) is 5.51.